The van der Waals surface area contributed by atoms with Crippen molar-refractivity contribution in [2.24, 2.45) is 11.7 Å². The molecule has 0 aromatic heterocycles. The van der Waals surface area contributed by atoms with Crippen LogP contribution in [0.1, 0.15) is 20.3 Å². The number of carbonyl (C=O) groups excluding carboxylic acids is 1. The molecule has 0 aromatic carbocycles. The minimum absolute atomic E-state index is 0.357. The SMILES string of the molecule is CC(NC(=O)NCCCN)C(C)C(=O)O. The highest BCUT2D eigenvalue weighted by Gasteiger charge is 2.20. The first kappa shape index (κ1) is 13.7. The lowest BCUT2D eigenvalue weighted by molar-refractivity contribution is -0.141. The normalized spacial score (nSPS) is 14.1. The van der Waals surface area contributed by atoms with E-state index in [0.717, 1.165) is 0 Å². The zero-order valence-corrected chi connectivity index (χ0v) is 9.12. The van der Waals surface area contributed by atoms with Crippen molar-refractivity contribution in [3.05, 3.63) is 0 Å². The Bertz CT molecular complexity index is 221. The summed E-state index contributed by atoms with van der Waals surface area (Å²) < 4.78 is 0. The number of aliphatic carboxylic acids is 1. The maximum Gasteiger partial charge on any atom is 0.315 e. The molecule has 0 aliphatic heterocycles. The van der Waals surface area contributed by atoms with Crippen LogP contribution < -0.4 is 16.4 Å². The van der Waals surface area contributed by atoms with Crippen molar-refractivity contribution in [2.45, 2.75) is 26.3 Å². The van der Waals surface area contributed by atoms with Gasteiger partial charge in [0, 0.05) is 12.6 Å². The maximum atomic E-state index is 11.2. The molecule has 0 fully saturated rings. The Balaban J connectivity index is 3.80. The van der Waals surface area contributed by atoms with Gasteiger partial charge in [0.2, 0.25) is 0 Å². The second kappa shape index (κ2) is 7.05. The van der Waals surface area contributed by atoms with Gasteiger partial charge < -0.3 is 21.5 Å². The second-order valence-corrected chi connectivity index (χ2v) is 3.46. The second-order valence-electron chi connectivity index (χ2n) is 3.46. The van der Waals surface area contributed by atoms with Gasteiger partial charge >= 0.3 is 12.0 Å². The van der Waals surface area contributed by atoms with Crippen molar-refractivity contribution >= 4 is 12.0 Å². The molecule has 2 unspecified atom stereocenters. The highest BCUT2D eigenvalue weighted by atomic mass is 16.4. The minimum Gasteiger partial charge on any atom is -0.481 e. The largest absolute Gasteiger partial charge is 0.481 e. The van der Waals surface area contributed by atoms with Crippen molar-refractivity contribution in [1.29, 1.82) is 0 Å². The monoisotopic (exact) mass is 217 g/mol. The molecule has 6 nitrogen and oxygen atoms in total. The van der Waals surface area contributed by atoms with E-state index in [1.165, 1.54) is 0 Å². The highest BCUT2D eigenvalue weighted by molar-refractivity contribution is 5.76. The lowest BCUT2D eigenvalue weighted by Crippen LogP contribution is -2.45. The molecule has 0 rings (SSSR count). The van der Waals surface area contributed by atoms with E-state index in [1.54, 1.807) is 13.8 Å². The van der Waals surface area contributed by atoms with Gasteiger partial charge in [0.25, 0.3) is 0 Å². The predicted molar refractivity (Wildman–Crippen MR) is 56.5 cm³/mol. The number of urea groups is 1. The van der Waals surface area contributed by atoms with Crippen molar-refractivity contribution < 1.29 is 14.7 Å². The average Bonchev–Trinajstić information content (AvgIpc) is 2.16. The van der Waals surface area contributed by atoms with Crippen LogP contribution in [0, 0.1) is 5.92 Å². The molecule has 15 heavy (non-hydrogen) atoms. The molecule has 2 atom stereocenters. The summed E-state index contributed by atoms with van der Waals surface area (Å²) in [6.45, 7) is 4.21. The number of amides is 2. The number of carboxylic acids is 1. The van der Waals surface area contributed by atoms with Crippen LogP contribution in [-0.2, 0) is 4.79 Å². The fraction of sp³-hybridized carbons (Fsp3) is 0.778. The van der Waals surface area contributed by atoms with Gasteiger partial charge in [0.15, 0.2) is 0 Å². The smallest absolute Gasteiger partial charge is 0.315 e. The molecule has 0 aliphatic carbocycles. The third-order valence-electron chi connectivity index (χ3n) is 2.16. The Morgan fingerprint density at radius 3 is 2.47 bits per heavy atom. The van der Waals surface area contributed by atoms with E-state index in [9.17, 15) is 9.59 Å². The van der Waals surface area contributed by atoms with Crippen LogP contribution >= 0.6 is 0 Å². The number of hydrogen-bond acceptors (Lipinski definition) is 3. The van der Waals surface area contributed by atoms with Crippen LogP contribution in [0.25, 0.3) is 0 Å². The summed E-state index contributed by atoms with van der Waals surface area (Å²) in [6.07, 6.45) is 0.705. The molecule has 5 N–H and O–H groups in total. The van der Waals surface area contributed by atoms with Gasteiger partial charge in [-0.2, -0.15) is 0 Å². The lowest BCUT2D eigenvalue weighted by atomic mass is 10.0. The molecule has 0 aromatic rings. The van der Waals surface area contributed by atoms with Gasteiger partial charge in [-0.05, 0) is 26.8 Å². The molecule has 0 aliphatic rings. The Kier molecular flexibility index (Phi) is 6.44. The number of carboxylic acid groups (broad SMARTS) is 1. The molecular weight excluding hydrogens is 198 g/mol. The molecule has 0 saturated carbocycles. The van der Waals surface area contributed by atoms with E-state index in [2.05, 4.69) is 10.6 Å². The number of hydrogen-bond donors (Lipinski definition) is 4. The standard InChI is InChI=1S/C9H19N3O3/c1-6(8(13)14)7(2)12-9(15)11-5-3-4-10/h6-7H,3-5,10H2,1-2H3,(H,13,14)(H2,11,12,15). The zero-order chi connectivity index (χ0) is 11.8. The van der Waals surface area contributed by atoms with Gasteiger partial charge in [-0.3, -0.25) is 4.79 Å². The fourth-order valence-electron chi connectivity index (χ4n) is 0.901. The maximum absolute atomic E-state index is 11.2. The van der Waals surface area contributed by atoms with Crippen LogP contribution in [-0.4, -0.2) is 36.2 Å². The third-order valence-corrected chi connectivity index (χ3v) is 2.16. The quantitative estimate of drug-likeness (QED) is 0.460. The van der Waals surface area contributed by atoms with E-state index in [0.29, 0.717) is 19.5 Å². The van der Waals surface area contributed by atoms with E-state index in [1.807, 2.05) is 0 Å². The Morgan fingerprint density at radius 1 is 1.40 bits per heavy atom. The third kappa shape index (κ3) is 5.90. The summed E-state index contributed by atoms with van der Waals surface area (Å²) in [5.74, 6) is -1.53. The molecule has 6 heteroatoms. The lowest BCUT2D eigenvalue weighted by Gasteiger charge is -2.17. The summed E-state index contributed by atoms with van der Waals surface area (Å²) >= 11 is 0. The summed E-state index contributed by atoms with van der Waals surface area (Å²) in [5.41, 5.74) is 5.25. The van der Waals surface area contributed by atoms with E-state index in [4.69, 9.17) is 10.8 Å². The number of rotatable bonds is 6. The number of nitrogens with two attached hydrogens (primary N) is 1. The summed E-state index contributed by atoms with van der Waals surface area (Å²) in [5, 5.41) is 13.8. The Morgan fingerprint density at radius 2 is 2.00 bits per heavy atom. The Labute approximate surface area is 89.2 Å². The zero-order valence-electron chi connectivity index (χ0n) is 9.12. The molecule has 0 radical (unpaired) electrons. The predicted octanol–water partition coefficient (Wildman–Crippen LogP) is -0.256. The first-order valence-electron chi connectivity index (χ1n) is 4.96. The van der Waals surface area contributed by atoms with Crippen LogP contribution in [0.5, 0.6) is 0 Å². The molecule has 2 amide bonds. The molecular formula is C9H19N3O3. The highest BCUT2D eigenvalue weighted by Crippen LogP contribution is 2.01. The van der Waals surface area contributed by atoms with E-state index < -0.39 is 17.9 Å². The average molecular weight is 217 g/mol. The molecule has 0 saturated heterocycles. The molecule has 0 heterocycles. The van der Waals surface area contributed by atoms with Gasteiger partial charge in [-0.15, -0.1) is 0 Å². The van der Waals surface area contributed by atoms with Crippen LogP contribution in [0.3, 0.4) is 0 Å². The van der Waals surface area contributed by atoms with Crippen LogP contribution in [0.2, 0.25) is 0 Å². The number of carbonyl (C=O) groups is 2. The topological polar surface area (TPSA) is 104 Å². The van der Waals surface area contributed by atoms with Gasteiger partial charge in [0.05, 0.1) is 5.92 Å². The van der Waals surface area contributed by atoms with E-state index >= 15 is 0 Å². The summed E-state index contributed by atoms with van der Waals surface area (Å²) in [6, 6.07) is -0.760. The molecule has 88 valence electrons. The van der Waals surface area contributed by atoms with Gasteiger partial charge in [0.1, 0.15) is 0 Å². The van der Waals surface area contributed by atoms with Crippen LogP contribution in [0.15, 0.2) is 0 Å². The Hall–Kier alpha value is -1.30. The van der Waals surface area contributed by atoms with Gasteiger partial charge in [-0.1, -0.05) is 0 Å². The fourth-order valence-corrected chi connectivity index (χ4v) is 0.901. The van der Waals surface area contributed by atoms with Crippen molar-refractivity contribution in [3.63, 3.8) is 0 Å². The first-order chi connectivity index (χ1) is 6.99. The van der Waals surface area contributed by atoms with Crippen LogP contribution in [0.4, 0.5) is 4.79 Å². The van der Waals surface area contributed by atoms with Crippen molar-refractivity contribution in [3.8, 4) is 0 Å². The van der Waals surface area contributed by atoms with Gasteiger partial charge in [-0.25, -0.2) is 4.79 Å². The molecule has 0 bridgehead atoms. The summed E-state index contributed by atoms with van der Waals surface area (Å²) in [7, 11) is 0. The minimum atomic E-state index is -0.926. The molecule has 0 spiro atoms. The summed E-state index contributed by atoms with van der Waals surface area (Å²) in [4.78, 5) is 21.8. The number of nitrogens with one attached hydrogen (secondary N) is 2. The first-order valence-corrected chi connectivity index (χ1v) is 4.96. The van der Waals surface area contributed by atoms with Crippen molar-refractivity contribution in [1.82, 2.24) is 10.6 Å². The van der Waals surface area contributed by atoms with Crippen molar-refractivity contribution in [2.75, 3.05) is 13.1 Å². The van der Waals surface area contributed by atoms with E-state index in [-0.39, 0.29) is 6.03 Å².